The van der Waals surface area contributed by atoms with Crippen LogP contribution in [0.2, 0.25) is 0 Å². The summed E-state index contributed by atoms with van der Waals surface area (Å²) < 4.78 is 0. The second-order valence-electron chi connectivity index (χ2n) is 4.07. The van der Waals surface area contributed by atoms with Crippen LogP contribution in [-0.2, 0) is 6.42 Å². The fourth-order valence-corrected chi connectivity index (χ4v) is 2.39. The summed E-state index contributed by atoms with van der Waals surface area (Å²) in [5.41, 5.74) is 1.35. The van der Waals surface area contributed by atoms with Gasteiger partial charge in [0.25, 0.3) is 0 Å². The number of anilines is 1. The Kier molecular flexibility index (Phi) is 4.09. The summed E-state index contributed by atoms with van der Waals surface area (Å²) in [4.78, 5) is 0. The number of aromatic nitrogens is 2. The Morgan fingerprint density at radius 3 is 2.59 bits per heavy atom. The van der Waals surface area contributed by atoms with Crippen LogP contribution in [0.5, 0.6) is 0 Å². The molecule has 0 aliphatic carbocycles. The van der Waals surface area contributed by atoms with Gasteiger partial charge in [0.05, 0.1) is 0 Å². The van der Waals surface area contributed by atoms with Crippen LogP contribution in [0.4, 0.5) is 5.13 Å². The van der Waals surface area contributed by atoms with Gasteiger partial charge in [-0.3, -0.25) is 0 Å². The molecule has 0 saturated carbocycles. The van der Waals surface area contributed by atoms with E-state index < -0.39 is 0 Å². The fourth-order valence-electron chi connectivity index (χ4n) is 1.73. The number of nitrogens with zero attached hydrogens (tertiary/aromatic N) is 2. The minimum atomic E-state index is 0.421. The lowest BCUT2D eigenvalue weighted by Crippen LogP contribution is -2.21. The SMILES string of the molecule is CCC(Cc1ccccc1)Nc1nnc(C)s1. The maximum atomic E-state index is 4.10. The Balaban J connectivity index is 1.98. The van der Waals surface area contributed by atoms with Gasteiger partial charge in [-0.25, -0.2) is 0 Å². The molecule has 0 amide bonds. The van der Waals surface area contributed by atoms with Gasteiger partial charge in [-0.05, 0) is 25.3 Å². The highest BCUT2D eigenvalue weighted by Gasteiger charge is 2.09. The Hall–Kier alpha value is -1.42. The minimum absolute atomic E-state index is 0.421. The Morgan fingerprint density at radius 2 is 2.00 bits per heavy atom. The Morgan fingerprint density at radius 1 is 1.24 bits per heavy atom. The van der Waals surface area contributed by atoms with Crippen molar-refractivity contribution in [3.8, 4) is 0 Å². The van der Waals surface area contributed by atoms with Crippen molar-refractivity contribution in [2.24, 2.45) is 0 Å². The molecule has 1 aromatic carbocycles. The molecule has 3 nitrogen and oxygen atoms in total. The van der Waals surface area contributed by atoms with E-state index in [2.05, 4.69) is 46.7 Å². The van der Waals surface area contributed by atoms with E-state index in [1.54, 1.807) is 11.3 Å². The van der Waals surface area contributed by atoms with Crippen molar-refractivity contribution in [3.05, 3.63) is 40.9 Å². The van der Waals surface area contributed by atoms with Crippen LogP contribution in [0.15, 0.2) is 30.3 Å². The van der Waals surface area contributed by atoms with Crippen LogP contribution >= 0.6 is 11.3 Å². The van der Waals surface area contributed by atoms with E-state index in [1.165, 1.54) is 5.56 Å². The van der Waals surface area contributed by atoms with E-state index in [9.17, 15) is 0 Å². The molecule has 1 atom stereocenters. The lowest BCUT2D eigenvalue weighted by atomic mass is 10.0. The molecule has 2 rings (SSSR count). The first-order valence-corrected chi connectivity index (χ1v) is 6.70. The number of hydrogen-bond donors (Lipinski definition) is 1. The van der Waals surface area contributed by atoms with E-state index in [4.69, 9.17) is 0 Å². The molecule has 0 aliphatic rings. The minimum Gasteiger partial charge on any atom is -0.357 e. The third-order valence-corrected chi connectivity index (χ3v) is 3.44. The van der Waals surface area contributed by atoms with Crippen LogP contribution in [-0.4, -0.2) is 16.2 Å². The number of nitrogens with one attached hydrogen (secondary N) is 1. The molecular weight excluding hydrogens is 230 g/mol. The average Bonchev–Trinajstić information content (AvgIpc) is 2.75. The first-order valence-electron chi connectivity index (χ1n) is 5.88. The quantitative estimate of drug-likeness (QED) is 0.881. The molecule has 1 aromatic heterocycles. The summed E-state index contributed by atoms with van der Waals surface area (Å²) in [6.45, 7) is 4.16. The van der Waals surface area contributed by atoms with Gasteiger partial charge in [0.2, 0.25) is 5.13 Å². The average molecular weight is 247 g/mol. The van der Waals surface area contributed by atoms with Crippen molar-refractivity contribution in [2.75, 3.05) is 5.32 Å². The van der Waals surface area contributed by atoms with Gasteiger partial charge < -0.3 is 5.32 Å². The summed E-state index contributed by atoms with van der Waals surface area (Å²) in [6, 6.07) is 11.0. The molecule has 0 bridgehead atoms. The highest BCUT2D eigenvalue weighted by molar-refractivity contribution is 7.15. The van der Waals surface area contributed by atoms with Crippen molar-refractivity contribution in [2.45, 2.75) is 32.7 Å². The van der Waals surface area contributed by atoms with Gasteiger partial charge in [0, 0.05) is 6.04 Å². The smallest absolute Gasteiger partial charge is 0.205 e. The van der Waals surface area contributed by atoms with E-state index in [-0.39, 0.29) is 0 Å². The highest BCUT2D eigenvalue weighted by atomic mass is 32.1. The summed E-state index contributed by atoms with van der Waals surface area (Å²) >= 11 is 1.61. The van der Waals surface area contributed by atoms with Gasteiger partial charge in [-0.2, -0.15) is 0 Å². The van der Waals surface area contributed by atoms with Crippen molar-refractivity contribution < 1.29 is 0 Å². The molecule has 1 N–H and O–H groups in total. The first kappa shape index (κ1) is 12.0. The van der Waals surface area contributed by atoms with Gasteiger partial charge in [0.1, 0.15) is 5.01 Å². The summed E-state index contributed by atoms with van der Waals surface area (Å²) in [6.07, 6.45) is 2.10. The monoisotopic (exact) mass is 247 g/mol. The lowest BCUT2D eigenvalue weighted by molar-refractivity contribution is 0.688. The molecule has 17 heavy (non-hydrogen) atoms. The molecule has 1 unspecified atom stereocenters. The second kappa shape index (κ2) is 5.77. The molecule has 90 valence electrons. The molecule has 0 radical (unpaired) electrons. The fraction of sp³-hybridized carbons (Fsp3) is 0.385. The number of hydrogen-bond acceptors (Lipinski definition) is 4. The van der Waals surface area contributed by atoms with E-state index >= 15 is 0 Å². The van der Waals surface area contributed by atoms with Gasteiger partial charge in [0.15, 0.2) is 0 Å². The predicted molar refractivity (Wildman–Crippen MR) is 72.5 cm³/mol. The van der Waals surface area contributed by atoms with Crippen molar-refractivity contribution >= 4 is 16.5 Å². The van der Waals surface area contributed by atoms with Crippen LogP contribution in [0, 0.1) is 6.92 Å². The third kappa shape index (κ3) is 3.53. The highest BCUT2D eigenvalue weighted by Crippen LogP contribution is 2.17. The predicted octanol–water partition coefficient (Wildman–Crippen LogP) is 3.28. The summed E-state index contributed by atoms with van der Waals surface area (Å²) in [5.74, 6) is 0. The molecule has 0 fully saturated rings. The zero-order chi connectivity index (χ0) is 12.1. The van der Waals surface area contributed by atoms with E-state index in [0.29, 0.717) is 6.04 Å². The van der Waals surface area contributed by atoms with Crippen molar-refractivity contribution in [1.82, 2.24) is 10.2 Å². The number of rotatable bonds is 5. The van der Waals surface area contributed by atoms with Gasteiger partial charge >= 0.3 is 0 Å². The van der Waals surface area contributed by atoms with Crippen LogP contribution in [0.3, 0.4) is 0 Å². The van der Waals surface area contributed by atoms with Crippen LogP contribution < -0.4 is 5.32 Å². The third-order valence-electron chi connectivity index (χ3n) is 2.67. The van der Waals surface area contributed by atoms with E-state index in [1.807, 2.05) is 13.0 Å². The molecule has 0 spiro atoms. The molecular formula is C13H17N3S. The van der Waals surface area contributed by atoms with E-state index in [0.717, 1.165) is 23.0 Å². The topological polar surface area (TPSA) is 37.8 Å². The molecule has 0 aliphatic heterocycles. The summed E-state index contributed by atoms with van der Waals surface area (Å²) in [7, 11) is 0. The van der Waals surface area contributed by atoms with Gasteiger partial charge in [-0.1, -0.05) is 48.6 Å². The molecule has 2 aromatic rings. The van der Waals surface area contributed by atoms with Crippen molar-refractivity contribution in [1.29, 1.82) is 0 Å². The molecule has 0 saturated heterocycles. The van der Waals surface area contributed by atoms with Crippen LogP contribution in [0.25, 0.3) is 0 Å². The Labute approximate surface area is 106 Å². The zero-order valence-corrected chi connectivity index (χ0v) is 11.0. The second-order valence-corrected chi connectivity index (χ2v) is 5.25. The number of aryl methyl sites for hydroxylation is 1. The maximum absolute atomic E-state index is 4.10. The lowest BCUT2D eigenvalue weighted by Gasteiger charge is -2.15. The largest absolute Gasteiger partial charge is 0.357 e. The Bertz CT molecular complexity index is 453. The number of benzene rings is 1. The van der Waals surface area contributed by atoms with Crippen molar-refractivity contribution in [3.63, 3.8) is 0 Å². The standard InChI is InChI=1S/C13H17N3S/c1-3-12(9-11-7-5-4-6-8-11)14-13-16-15-10(2)17-13/h4-8,12H,3,9H2,1-2H3,(H,14,16). The summed E-state index contributed by atoms with van der Waals surface area (Å²) in [5, 5.41) is 13.5. The zero-order valence-electron chi connectivity index (χ0n) is 10.2. The molecule has 1 heterocycles. The maximum Gasteiger partial charge on any atom is 0.205 e. The first-order chi connectivity index (χ1) is 8.28. The molecule has 4 heteroatoms. The normalized spacial score (nSPS) is 12.4. The van der Waals surface area contributed by atoms with Gasteiger partial charge in [-0.15, -0.1) is 10.2 Å². The van der Waals surface area contributed by atoms with Crippen LogP contribution in [0.1, 0.15) is 23.9 Å².